The topological polar surface area (TPSA) is 156 Å². The lowest BCUT2D eigenvalue weighted by molar-refractivity contribution is -0.189. The predicted octanol–water partition coefficient (Wildman–Crippen LogP) is 3.33. The lowest BCUT2D eigenvalue weighted by Gasteiger charge is -2.27. The number of hydrogen-bond acceptors (Lipinski definition) is 11. The van der Waals surface area contributed by atoms with Crippen LogP contribution >= 0.6 is 0 Å². The highest BCUT2D eigenvalue weighted by Crippen LogP contribution is 2.35. The second-order valence-electron chi connectivity index (χ2n) is 9.26. The summed E-state index contributed by atoms with van der Waals surface area (Å²) in [6, 6.07) is 5.16. The van der Waals surface area contributed by atoms with E-state index in [9.17, 15) is 13.2 Å². The van der Waals surface area contributed by atoms with E-state index in [0.717, 1.165) is 11.8 Å². The van der Waals surface area contributed by atoms with Crippen molar-refractivity contribution in [2.75, 3.05) is 17.5 Å². The van der Waals surface area contributed by atoms with Gasteiger partial charge in [-0.2, -0.15) is 4.89 Å². The number of anilines is 2. The molecule has 1 aliphatic heterocycles. The fourth-order valence-electron chi connectivity index (χ4n) is 3.81. The molecule has 192 valence electrons. The van der Waals surface area contributed by atoms with Crippen molar-refractivity contribution in [1.82, 2.24) is 15.0 Å². The molecule has 0 aromatic carbocycles. The molecule has 12 heteroatoms. The predicted molar refractivity (Wildman–Crippen MR) is 134 cm³/mol. The van der Waals surface area contributed by atoms with Crippen LogP contribution in [-0.4, -0.2) is 47.6 Å². The summed E-state index contributed by atoms with van der Waals surface area (Å²) in [7, 11) is -3.40. The molecular formula is C24H29N5O6S. The smallest absolute Gasteiger partial charge is 0.340 e. The molecule has 0 fully saturated rings. The average Bonchev–Trinajstić information content (AvgIpc) is 2.81. The maximum Gasteiger partial charge on any atom is 0.340 e. The highest BCUT2D eigenvalue weighted by molar-refractivity contribution is 7.90. The Balaban J connectivity index is 1.72. The van der Waals surface area contributed by atoms with E-state index in [1.165, 1.54) is 0 Å². The van der Waals surface area contributed by atoms with Crippen LogP contribution in [0.5, 0.6) is 5.88 Å². The van der Waals surface area contributed by atoms with Crippen molar-refractivity contribution in [1.29, 1.82) is 0 Å². The number of ether oxygens (including phenoxy) is 1. The number of hydrogen-bond donors (Lipinski definition) is 2. The quantitative estimate of drug-likeness (QED) is 0.258. The number of carbonyl (C=O) groups excluding carboxylic acids is 1. The van der Waals surface area contributed by atoms with Crippen molar-refractivity contribution in [3.05, 3.63) is 47.4 Å². The number of rotatable bonds is 8. The van der Waals surface area contributed by atoms with E-state index in [0.29, 0.717) is 40.1 Å². The third-order valence-electron chi connectivity index (χ3n) is 6.31. The number of aromatic nitrogens is 3. The average molecular weight is 516 g/mol. The number of nitrogens with one attached hydrogen (secondary N) is 1. The van der Waals surface area contributed by atoms with Gasteiger partial charge in [-0.3, -0.25) is 0 Å². The number of sulfone groups is 1. The summed E-state index contributed by atoms with van der Waals surface area (Å²) in [6.07, 6.45) is 4.52. The lowest BCUT2D eigenvalue weighted by Crippen LogP contribution is -2.32. The van der Waals surface area contributed by atoms with E-state index in [1.807, 2.05) is 27.7 Å². The summed E-state index contributed by atoms with van der Waals surface area (Å²) in [5, 5.41) is 4.39. The summed E-state index contributed by atoms with van der Waals surface area (Å²) in [6.45, 7) is 7.66. The van der Waals surface area contributed by atoms with Crippen molar-refractivity contribution in [2.24, 2.45) is 5.73 Å². The molecule has 3 aromatic heterocycles. The monoisotopic (exact) mass is 515 g/mol. The summed E-state index contributed by atoms with van der Waals surface area (Å²) >= 11 is 0. The highest BCUT2D eigenvalue weighted by Gasteiger charge is 2.31. The van der Waals surface area contributed by atoms with Crippen molar-refractivity contribution >= 4 is 38.2 Å². The first kappa shape index (κ1) is 25.7. The minimum absolute atomic E-state index is 0.0594. The first-order valence-corrected chi connectivity index (χ1v) is 13.5. The molecular weight excluding hydrogens is 486 g/mol. The van der Waals surface area contributed by atoms with Gasteiger partial charge in [0.1, 0.15) is 17.7 Å². The molecule has 3 N–H and O–H groups in total. The molecule has 0 saturated heterocycles. The van der Waals surface area contributed by atoms with Gasteiger partial charge in [0.25, 0.3) is 5.88 Å². The number of nitrogens with two attached hydrogens (primary N) is 1. The Kier molecular flexibility index (Phi) is 6.86. The fourth-order valence-corrected chi connectivity index (χ4v) is 4.03. The maximum absolute atomic E-state index is 12.2. The van der Waals surface area contributed by atoms with Crippen LogP contribution in [0.2, 0.25) is 0 Å². The number of esters is 1. The van der Waals surface area contributed by atoms with Crippen molar-refractivity contribution < 1.29 is 27.7 Å². The molecule has 0 spiro atoms. The molecule has 0 amide bonds. The zero-order valence-electron chi connectivity index (χ0n) is 20.7. The van der Waals surface area contributed by atoms with Crippen molar-refractivity contribution in [3.8, 4) is 5.88 Å². The molecule has 1 aliphatic rings. The SMILES string of the molecule is CC[C@@](C)(N)c1cnc(OOCS(C)(=O)=O)c2cnc(Nc3ccc4c(n3)[C@@H](C)[C@H](C)OC4=O)cc12. The van der Waals surface area contributed by atoms with Crippen molar-refractivity contribution in [3.63, 3.8) is 0 Å². The molecule has 3 aromatic rings. The van der Waals surface area contributed by atoms with Crippen LogP contribution < -0.4 is 15.9 Å². The Morgan fingerprint density at radius 2 is 1.92 bits per heavy atom. The lowest BCUT2D eigenvalue weighted by atomic mass is 9.88. The largest absolute Gasteiger partial charge is 0.458 e. The highest BCUT2D eigenvalue weighted by atomic mass is 32.2. The van der Waals surface area contributed by atoms with E-state index < -0.39 is 21.3 Å². The normalized spacial score (nSPS) is 19.3. The summed E-state index contributed by atoms with van der Waals surface area (Å²) in [5.41, 5.74) is 7.70. The van der Waals surface area contributed by atoms with Gasteiger partial charge in [-0.25, -0.2) is 28.2 Å². The zero-order chi connectivity index (χ0) is 26.3. The molecule has 4 heterocycles. The Hall–Kier alpha value is -3.35. The molecule has 4 rings (SSSR count). The van der Waals surface area contributed by atoms with Crippen LogP contribution in [0.1, 0.15) is 61.6 Å². The number of cyclic esters (lactones) is 1. The van der Waals surface area contributed by atoms with Gasteiger partial charge in [0.05, 0.1) is 16.6 Å². The third kappa shape index (κ3) is 5.25. The molecule has 0 radical (unpaired) electrons. The minimum atomic E-state index is -3.40. The Bertz CT molecular complexity index is 1430. The molecule has 11 nitrogen and oxygen atoms in total. The van der Waals surface area contributed by atoms with E-state index in [-0.39, 0.29) is 23.9 Å². The second-order valence-corrected chi connectivity index (χ2v) is 11.3. The second kappa shape index (κ2) is 9.60. The van der Waals surface area contributed by atoms with Gasteiger partial charge in [-0.05, 0) is 49.4 Å². The van der Waals surface area contributed by atoms with Crippen LogP contribution in [0.25, 0.3) is 10.8 Å². The Labute approximate surface area is 209 Å². The zero-order valence-corrected chi connectivity index (χ0v) is 21.5. The van der Waals surface area contributed by atoms with Crippen LogP contribution in [-0.2, 0) is 25.0 Å². The summed E-state index contributed by atoms with van der Waals surface area (Å²) in [4.78, 5) is 35.7. The van der Waals surface area contributed by atoms with Gasteiger partial charge in [0.15, 0.2) is 15.8 Å². The van der Waals surface area contributed by atoms with Crippen LogP contribution in [0, 0.1) is 0 Å². The van der Waals surface area contributed by atoms with Crippen LogP contribution in [0.4, 0.5) is 11.6 Å². The van der Waals surface area contributed by atoms with Crippen LogP contribution in [0.3, 0.4) is 0 Å². The number of fused-ring (bicyclic) bond motifs is 2. The standard InChI is InChI=1S/C24H29N5O6S/c1-6-24(4,25)18-11-27-22(35-33-12-36(5,31)32)17-10-26-20(9-16(17)18)28-19-8-7-15-21(29-19)13(2)14(3)34-23(15)30/h7-11,13-14H,6,12,25H2,1-5H3,(H,26,28,29)/t13-,14-,24+/m0/s1. The van der Waals surface area contributed by atoms with E-state index >= 15 is 0 Å². The molecule has 0 unspecified atom stereocenters. The summed E-state index contributed by atoms with van der Waals surface area (Å²) < 4.78 is 28.1. The number of carbonyl (C=O) groups is 1. The van der Waals surface area contributed by atoms with Gasteiger partial charge in [0.2, 0.25) is 0 Å². The van der Waals surface area contributed by atoms with Crippen LogP contribution in [0.15, 0.2) is 30.6 Å². The van der Waals surface area contributed by atoms with E-state index in [1.54, 1.807) is 30.6 Å². The van der Waals surface area contributed by atoms with Gasteiger partial charge >= 0.3 is 5.97 Å². The van der Waals surface area contributed by atoms with Gasteiger partial charge in [0, 0.05) is 30.1 Å². The first-order chi connectivity index (χ1) is 16.9. The van der Waals surface area contributed by atoms with Gasteiger partial charge < -0.3 is 20.7 Å². The van der Waals surface area contributed by atoms with Gasteiger partial charge in [-0.15, -0.1) is 0 Å². The third-order valence-corrected chi connectivity index (χ3v) is 6.84. The van der Waals surface area contributed by atoms with Gasteiger partial charge in [-0.1, -0.05) is 13.8 Å². The number of nitrogens with zero attached hydrogens (tertiary/aromatic N) is 3. The first-order valence-electron chi connectivity index (χ1n) is 11.4. The molecule has 0 aliphatic carbocycles. The van der Waals surface area contributed by atoms with E-state index in [2.05, 4.69) is 20.3 Å². The van der Waals surface area contributed by atoms with Crippen molar-refractivity contribution in [2.45, 2.75) is 51.7 Å². The molecule has 0 bridgehead atoms. The fraction of sp³-hybridized carbons (Fsp3) is 0.417. The maximum atomic E-state index is 12.2. The molecule has 3 atom stereocenters. The number of pyridine rings is 3. The minimum Gasteiger partial charge on any atom is -0.458 e. The summed E-state index contributed by atoms with van der Waals surface area (Å²) in [5.74, 6) is -0.000804. The van der Waals surface area contributed by atoms with E-state index in [4.69, 9.17) is 20.2 Å². The Morgan fingerprint density at radius 3 is 2.61 bits per heavy atom. The molecule has 0 saturated carbocycles. The Morgan fingerprint density at radius 1 is 1.17 bits per heavy atom. The molecule has 36 heavy (non-hydrogen) atoms.